The van der Waals surface area contributed by atoms with Crippen molar-refractivity contribution in [1.29, 1.82) is 0 Å². The van der Waals surface area contributed by atoms with Gasteiger partial charge in [-0.3, -0.25) is 0 Å². The zero-order valence-corrected chi connectivity index (χ0v) is 16.4. The number of benzene rings is 1. The second kappa shape index (κ2) is 6.78. The number of furan rings is 1. The van der Waals surface area contributed by atoms with Gasteiger partial charge >= 0.3 is 0 Å². The zero-order valence-electron chi connectivity index (χ0n) is 14.0. The molecule has 0 aliphatic carbocycles. The largest absolute Gasteiger partial charge is 0.460 e. The van der Waals surface area contributed by atoms with Crippen LogP contribution >= 0.6 is 15.9 Å². The highest BCUT2D eigenvalue weighted by Gasteiger charge is 2.29. The standard InChI is InChI=1S/C17H17BrN2O4S/c1-11-17(12(2)24-19-11)25(21,22)20(3)10-15-8-9-16(23-15)13-4-6-14(18)7-5-13/h4-9H,10H2,1-3H3. The summed E-state index contributed by atoms with van der Waals surface area (Å²) in [4.78, 5) is 0.106. The zero-order chi connectivity index (χ0) is 18.2. The number of hydrogen-bond donors (Lipinski definition) is 0. The molecular weight excluding hydrogens is 408 g/mol. The highest BCUT2D eigenvalue weighted by atomic mass is 79.9. The van der Waals surface area contributed by atoms with Crippen molar-refractivity contribution in [2.75, 3.05) is 7.05 Å². The van der Waals surface area contributed by atoms with Crippen molar-refractivity contribution in [3.63, 3.8) is 0 Å². The van der Waals surface area contributed by atoms with Crippen molar-refractivity contribution in [2.45, 2.75) is 25.3 Å². The Bertz CT molecular complexity index is 971. The third-order valence-electron chi connectivity index (χ3n) is 3.81. The van der Waals surface area contributed by atoms with E-state index in [0.717, 1.165) is 10.0 Å². The molecule has 3 rings (SSSR count). The lowest BCUT2D eigenvalue weighted by Gasteiger charge is -2.15. The van der Waals surface area contributed by atoms with Gasteiger partial charge in [0.2, 0.25) is 10.0 Å². The second-order valence-corrected chi connectivity index (χ2v) is 8.58. The maximum Gasteiger partial charge on any atom is 0.248 e. The Labute approximate surface area is 154 Å². The Morgan fingerprint density at radius 1 is 1.12 bits per heavy atom. The van der Waals surface area contributed by atoms with Crippen LogP contribution in [0.4, 0.5) is 0 Å². The molecule has 0 fully saturated rings. The van der Waals surface area contributed by atoms with Crippen molar-refractivity contribution >= 4 is 26.0 Å². The summed E-state index contributed by atoms with van der Waals surface area (Å²) in [6.07, 6.45) is 0. The fourth-order valence-electron chi connectivity index (χ4n) is 2.54. The lowest BCUT2D eigenvalue weighted by atomic mass is 10.2. The fraction of sp³-hybridized carbons (Fsp3) is 0.235. The molecule has 0 aliphatic rings. The Balaban J connectivity index is 1.82. The molecule has 1 aromatic carbocycles. The van der Waals surface area contributed by atoms with E-state index in [-0.39, 0.29) is 17.2 Å². The Hall–Kier alpha value is -1.90. The fourth-order valence-corrected chi connectivity index (χ4v) is 4.22. The molecule has 0 spiro atoms. The van der Waals surface area contributed by atoms with Gasteiger partial charge in [-0.15, -0.1) is 0 Å². The van der Waals surface area contributed by atoms with Gasteiger partial charge in [0.15, 0.2) is 5.76 Å². The molecule has 2 heterocycles. The predicted molar refractivity (Wildman–Crippen MR) is 96.5 cm³/mol. The van der Waals surface area contributed by atoms with Gasteiger partial charge in [0.25, 0.3) is 0 Å². The third-order valence-corrected chi connectivity index (χ3v) is 6.38. The summed E-state index contributed by atoms with van der Waals surface area (Å²) in [6, 6.07) is 11.3. The molecule has 8 heteroatoms. The van der Waals surface area contributed by atoms with Crippen LogP contribution in [0.3, 0.4) is 0 Å². The Morgan fingerprint density at radius 3 is 2.40 bits per heavy atom. The molecule has 0 aliphatic heterocycles. The van der Waals surface area contributed by atoms with Crippen LogP contribution in [0.1, 0.15) is 17.2 Å². The molecule has 6 nitrogen and oxygen atoms in total. The first-order valence-corrected chi connectivity index (χ1v) is 9.76. The number of halogens is 1. The molecule has 132 valence electrons. The highest BCUT2D eigenvalue weighted by molar-refractivity contribution is 9.10. The average Bonchev–Trinajstić information content (AvgIpc) is 3.15. The number of aryl methyl sites for hydroxylation is 2. The van der Waals surface area contributed by atoms with Gasteiger partial charge in [0, 0.05) is 17.1 Å². The predicted octanol–water partition coefficient (Wildman–Crippen LogP) is 4.13. The summed E-state index contributed by atoms with van der Waals surface area (Å²) in [7, 11) is -2.20. The normalized spacial score (nSPS) is 12.0. The first-order valence-electron chi connectivity index (χ1n) is 7.53. The van der Waals surface area contributed by atoms with E-state index in [1.165, 1.54) is 11.4 Å². The molecule has 2 aromatic heterocycles. The van der Waals surface area contributed by atoms with Crippen molar-refractivity contribution in [3.05, 3.63) is 58.1 Å². The van der Waals surface area contributed by atoms with Gasteiger partial charge in [-0.25, -0.2) is 8.42 Å². The molecule has 0 radical (unpaired) electrons. The molecule has 0 saturated heterocycles. The van der Waals surface area contributed by atoms with Crippen LogP contribution in [0, 0.1) is 13.8 Å². The number of aromatic nitrogens is 1. The van der Waals surface area contributed by atoms with Crippen molar-refractivity contribution in [1.82, 2.24) is 9.46 Å². The van der Waals surface area contributed by atoms with Gasteiger partial charge in [-0.2, -0.15) is 4.31 Å². The van der Waals surface area contributed by atoms with Crippen molar-refractivity contribution in [3.8, 4) is 11.3 Å². The number of rotatable bonds is 5. The lowest BCUT2D eigenvalue weighted by molar-refractivity contribution is 0.388. The first-order chi connectivity index (χ1) is 11.8. The third kappa shape index (κ3) is 3.56. The van der Waals surface area contributed by atoms with Crippen LogP contribution in [0.5, 0.6) is 0 Å². The SMILES string of the molecule is Cc1noc(C)c1S(=O)(=O)N(C)Cc1ccc(-c2ccc(Br)cc2)o1. The topological polar surface area (TPSA) is 76.6 Å². The molecule has 0 unspecified atom stereocenters. The van der Waals surface area contributed by atoms with Gasteiger partial charge < -0.3 is 8.94 Å². The Morgan fingerprint density at radius 2 is 1.80 bits per heavy atom. The van der Waals surface area contributed by atoms with Crippen LogP contribution in [-0.2, 0) is 16.6 Å². The van der Waals surface area contributed by atoms with Crippen molar-refractivity contribution < 1.29 is 17.4 Å². The summed E-state index contributed by atoms with van der Waals surface area (Å²) in [5, 5.41) is 3.71. The highest BCUT2D eigenvalue weighted by Crippen LogP contribution is 2.27. The van der Waals surface area contributed by atoms with E-state index in [1.54, 1.807) is 19.9 Å². The summed E-state index contributed by atoms with van der Waals surface area (Å²) >= 11 is 3.39. The summed E-state index contributed by atoms with van der Waals surface area (Å²) in [6.45, 7) is 3.30. The molecule has 3 aromatic rings. The molecule has 0 atom stereocenters. The number of nitrogens with zero attached hydrogens (tertiary/aromatic N) is 2. The molecule has 0 amide bonds. The maximum absolute atomic E-state index is 12.7. The van der Waals surface area contributed by atoms with E-state index in [0.29, 0.717) is 17.2 Å². The summed E-state index contributed by atoms with van der Waals surface area (Å²) < 4.78 is 38.4. The first kappa shape index (κ1) is 17.9. The van der Waals surface area contributed by atoms with E-state index in [4.69, 9.17) is 8.94 Å². The van der Waals surface area contributed by atoms with E-state index >= 15 is 0 Å². The van der Waals surface area contributed by atoms with Gasteiger partial charge in [-0.1, -0.05) is 33.2 Å². The van der Waals surface area contributed by atoms with E-state index in [9.17, 15) is 8.42 Å². The quantitative estimate of drug-likeness (QED) is 0.614. The lowest BCUT2D eigenvalue weighted by Crippen LogP contribution is -2.27. The van der Waals surface area contributed by atoms with E-state index in [2.05, 4.69) is 21.1 Å². The Kier molecular flexibility index (Phi) is 4.86. The summed E-state index contributed by atoms with van der Waals surface area (Å²) in [5.41, 5.74) is 1.27. The van der Waals surface area contributed by atoms with Gasteiger partial charge in [-0.05, 0) is 38.1 Å². The van der Waals surface area contributed by atoms with Gasteiger partial charge in [0.05, 0.1) is 6.54 Å². The minimum Gasteiger partial charge on any atom is -0.460 e. The minimum atomic E-state index is -3.71. The molecule has 0 bridgehead atoms. The molecular formula is C17H17BrN2O4S. The maximum atomic E-state index is 12.7. The van der Waals surface area contributed by atoms with Gasteiger partial charge in [0.1, 0.15) is 22.1 Å². The van der Waals surface area contributed by atoms with Crippen LogP contribution in [0.2, 0.25) is 0 Å². The average molecular weight is 425 g/mol. The van der Waals surface area contributed by atoms with E-state index < -0.39 is 10.0 Å². The van der Waals surface area contributed by atoms with Crippen LogP contribution in [0.25, 0.3) is 11.3 Å². The van der Waals surface area contributed by atoms with Crippen LogP contribution in [-0.4, -0.2) is 24.9 Å². The molecule has 25 heavy (non-hydrogen) atoms. The molecule has 0 saturated carbocycles. The van der Waals surface area contributed by atoms with Crippen LogP contribution in [0.15, 0.2) is 54.7 Å². The second-order valence-electron chi connectivity index (χ2n) is 5.69. The monoisotopic (exact) mass is 424 g/mol. The smallest absolute Gasteiger partial charge is 0.248 e. The minimum absolute atomic E-state index is 0.106. The van der Waals surface area contributed by atoms with Crippen molar-refractivity contribution in [2.24, 2.45) is 0 Å². The summed E-state index contributed by atoms with van der Waals surface area (Å²) in [5.74, 6) is 1.51. The molecule has 0 N–H and O–H groups in total. The number of sulfonamides is 1. The number of hydrogen-bond acceptors (Lipinski definition) is 5. The van der Waals surface area contributed by atoms with Crippen LogP contribution < -0.4 is 0 Å². The van der Waals surface area contributed by atoms with E-state index in [1.807, 2.05) is 30.3 Å².